The Balaban J connectivity index is 1.93. The van der Waals surface area contributed by atoms with Crippen LogP contribution in [0.2, 0.25) is 0 Å². The summed E-state index contributed by atoms with van der Waals surface area (Å²) in [4.78, 5) is 18.6. The largest absolute Gasteiger partial charge is 0.486 e. The van der Waals surface area contributed by atoms with Crippen molar-refractivity contribution in [1.82, 2.24) is 9.97 Å². The molecular weight excluding hydrogens is 324 g/mol. The van der Waals surface area contributed by atoms with E-state index in [2.05, 4.69) is 25.9 Å². The molecule has 2 aromatic rings. The fourth-order valence-corrected chi connectivity index (χ4v) is 1.62. The summed E-state index contributed by atoms with van der Waals surface area (Å²) >= 11 is 3.31. The second-order valence-corrected chi connectivity index (χ2v) is 4.76. The fraction of sp³-hybridized carbons (Fsp3) is 0.0714. The van der Waals surface area contributed by atoms with Gasteiger partial charge in [-0.05, 0) is 46.3 Å². The lowest BCUT2D eigenvalue weighted by molar-refractivity contribution is -0.131. The van der Waals surface area contributed by atoms with Crippen LogP contribution >= 0.6 is 15.9 Å². The standard InChI is InChI=1S/C14H11BrN2O3/c15-10-1-2-12(16-7-10)9-20-13-5-3-11(17-8-13)4-6-14(18)19/h1-8H,9H2,(H,18,19)/b6-4+. The Bertz CT molecular complexity index is 609. The van der Waals surface area contributed by atoms with E-state index in [0.717, 1.165) is 16.2 Å². The number of rotatable bonds is 5. The van der Waals surface area contributed by atoms with Gasteiger partial charge in [-0.15, -0.1) is 0 Å². The Hall–Kier alpha value is -2.21. The highest BCUT2D eigenvalue weighted by Gasteiger charge is 1.98. The molecule has 0 saturated carbocycles. The molecule has 0 unspecified atom stereocenters. The topological polar surface area (TPSA) is 72.3 Å². The first-order valence-corrected chi connectivity index (χ1v) is 6.53. The van der Waals surface area contributed by atoms with Crippen molar-refractivity contribution in [2.45, 2.75) is 6.61 Å². The van der Waals surface area contributed by atoms with Gasteiger partial charge in [-0.1, -0.05) is 0 Å². The molecule has 1 N–H and O–H groups in total. The van der Waals surface area contributed by atoms with Crippen molar-refractivity contribution in [3.63, 3.8) is 0 Å². The third-order valence-corrected chi connectivity index (χ3v) is 2.80. The summed E-state index contributed by atoms with van der Waals surface area (Å²) in [5.74, 6) is -0.407. The molecule has 0 spiro atoms. The Morgan fingerprint density at radius 1 is 1.25 bits per heavy atom. The van der Waals surface area contributed by atoms with Crippen molar-refractivity contribution in [2.75, 3.05) is 0 Å². The number of carboxylic acids is 1. The summed E-state index contributed by atoms with van der Waals surface area (Å²) in [5, 5.41) is 8.51. The summed E-state index contributed by atoms with van der Waals surface area (Å²) in [6, 6.07) is 7.17. The highest BCUT2D eigenvalue weighted by Crippen LogP contribution is 2.13. The molecule has 20 heavy (non-hydrogen) atoms. The van der Waals surface area contributed by atoms with Gasteiger partial charge in [-0.3, -0.25) is 9.97 Å². The molecule has 102 valence electrons. The second kappa shape index (κ2) is 6.81. The van der Waals surface area contributed by atoms with Crippen LogP contribution in [0.1, 0.15) is 11.4 Å². The molecular formula is C14H11BrN2O3. The van der Waals surface area contributed by atoms with Crippen LogP contribution in [-0.2, 0) is 11.4 Å². The summed E-state index contributed by atoms with van der Waals surface area (Å²) in [6.07, 6.45) is 5.70. The molecule has 0 fully saturated rings. The third-order valence-electron chi connectivity index (χ3n) is 2.33. The Kier molecular flexibility index (Phi) is 4.84. The van der Waals surface area contributed by atoms with Crippen molar-refractivity contribution in [3.05, 3.63) is 58.6 Å². The maximum atomic E-state index is 10.4. The zero-order valence-corrected chi connectivity index (χ0v) is 11.9. The van der Waals surface area contributed by atoms with Gasteiger partial charge in [0, 0.05) is 16.7 Å². The molecule has 0 amide bonds. The molecule has 0 saturated heterocycles. The SMILES string of the molecule is O=C(O)/C=C/c1ccc(OCc2ccc(Br)cn2)cn1. The Morgan fingerprint density at radius 3 is 2.70 bits per heavy atom. The van der Waals surface area contributed by atoms with E-state index in [4.69, 9.17) is 9.84 Å². The van der Waals surface area contributed by atoms with Crippen molar-refractivity contribution in [3.8, 4) is 5.75 Å². The van der Waals surface area contributed by atoms with Crippen molar-refractivity contribution >= 4 is 28.0 Å². The van der Waals surface area contributed by atoms with Gasteiger partial charge in [0.1, 0.15) is 12.4 Å². The van der Waals surface area contributed by atoms with Crippen molar-refractivity contribution < 1.29 is 14.6 Å². The van der Waals surface area contributed by atoms with E-state index in [1.54, 1.807) is 24.5 Å². The van der Waals surface area contributed by atoms with Gasteiger partial charge in [0.05, 0.1) is 17.6 Å². The van der Waals surface area contributed by atoms with Crippen LogP contribution in [0.3, 0.4) is 0 Å². The number of carboxylic acid groups (broad SMARTS) is 1. The van der Waals surface area contributed by atoms with E-state index in [9.17, 15) is 4.79 Å². The number of hydrogen-bond acceptors (Lipinski definition) is 4. The molecule has 2 rings (SSSR count). The molecule has 0 aliphatic rings. The molecule has 0 aromatic carbocycles. The average Bonchev–Trinajstić information content (AvgIpc) is 2.45. The lowest BCUT2D eigenvalue weighted by Crippen LogP contribution is -1.98. The number of carbonyl (C=O) groups is 1. The van der Waals surface area contributed by atoms with Gasteiger partial charge >= 0.3 is 5.97 Å². The lowest BCUT2D eigenvalue weighted by Gasteiger charge is -2.05. The predicted molar refractivity (Wildman–Crippen MR) is 77.2 cm³/mol. The number of halogens is 1. The van der Waals surface area contributed by atoms with E-state index < -0.39 is 5.97 Å². The summed E-state index contributed by atoms with van der Waals surface area (Å²) < 4.78 is 6.45. The van der Waals surface area contributed by atoms with Gasteiger partial charge < -0.3 is 9.84 Å². The van der Waals surface area contributed by atoms with Crippen molar-refractivity contribution in [1.29, 1.82) is 0 Å². The maximum Gasteiger partial charge on any atom is 0.328 e. The number of aromatic nitrogens is 2. The number of hydrogen-bond donors (Lipinski definition) is 1. The van der Waals surface area contributed by atoms with Gasteiger partial charge in [-0.2, -0.15) is 0 Å². The van der Waals surface area contributed by atoms with Crippen molar-refractivity contribution in [2.24, 2.45) is 0 Å². The van der Waals surface area contributed by atoms with E-state index in [1.165, 1.54) is 6.08 Å². The van der Waals surface area contributed by atoms with Crippen LogP contribution in [0.25, 0.3) is 6.08 Å². The molecule has 5 nitrogen and oxygen atoms in total. The van der Waals surface area contributed by atoms with Gasteiger partial charge in [0.15, 0.2) is 0 Å². The van der Waals surface area contributed by atoms with Crippen LogP contribution < -0.4 is 4.74 Å². The van der Waals surface area contributed by atoms with E-state index in [-0.39, 0.29) is 0 Å². The number of pyridine rings is 2. The first-order chi connectivity index (χ1) is 9.63. The molecule has 0 aliphatic heterocycles. The predicted octanol–water partition coefficient (Wildman–Crippen LogP) is 2.92. The smallest absolute Gasteiger partial charge is 0.328 e. The van der Waals surface area contributed by atoms with Gasteiger partial charge in [0.2, 0.25) is 0 Å². The number of nitrogens with zero attached hydrogens (tertiary/aromatic N) is 2. The normalized spacial score (nSPS) is 10.7. The molecule has 0 bridgehead atoms. The van der Waals surface area contributed by atoms with Crippen LogP contribution in [0.15, 0.2) is 47.2 Å². The van der Waals surface area contributed by atoms with Crippen LogP contribution in [0.4, 0.5) is 0 Å². The molecule has 2 heterocycles. The highest BCUT2D eigenvalue weighted by molar-refractivity contribution is 9.10. The van der Waals surface area contributed by atoms with Crippen LogP contribution in [-0.4, -0.2) is 21.0 Å². The molecule has 2 aromatic heterocycles. The molecule has 6 heteroatoms. The zero-order valence-electron chi connectivity index (χ0n) is 10.4. The summed E-state index contributed by atoms with van der Waals surface area (Å²) in [5.41, 5.74) is 1.37. The van der Waals surface area contributed by atoms with Gasteiger partial charge in [0.25, 0.3) is 0 Å². The van der Waals surface area contributed by atoms with Crippen LogP contribution in [0.5, 0.6) is 5.75 Å². The monoisotopic (exact) mass is 334 g/mol. The Labute approximate surface area is 124 Å². The molecule has 0 radical (unpaired) electrons. The molecule has 0 atom stereocenters. The maximum absolute atomic E-state index is 10.4. The minimum atomic E-state index is -1.01. The summed E-state index contributed by atoms with van der Waals surface area (Å²) in [6.45, 7) is 0.346. The first kappa shape index (κ1) is 14.2. The van der Waals surface area contributed by atoms with E-state index in [0.29, 0.717) is 18.1 Å². The van der Waals surface area contributed by atoms with Crippen LogP contribution in [0, 0.1) is 0 Å². The number of aliphatic carboxylic acids is 1. The summed E-state index contributed by atoms with van der Waals surface area (Å²) in [7, 11) is 0. The van der Waals surface area contributed by atoms with Gasteiger partial charge in [-0.25, -0.2) is 4.79 Å². The zero-order chi connectivity index (χ0) is 14.4. The highest BCUT2D eigenvalue weighted by atomic mass is 79.9. The fourth-order valence-electron chi connectivity index (χ4n) is 1.38. The molecule has 0 aliphatic carbocycles. The quantitative estimate of drug-likeness (QED) is 0.851. The minimum absolute atomic E-state index is 0.346. The first-order valence-electron chi connectivity index (χ1n) is 5.74. The lowest BCUT2D eigenvalue weighted by atomic mass is 10.3. The number of ether oxygens (including phenoxy) is 1. The average molecular weight is 335 g/mol. The second-order valence-electron chi connectivity index (χ2n) is 3.85. The third kappa shape index (κ3) is 4.47. The Morgan fingerprint density at radius 2 is 2.10 bits per heavy atom. The van der Waals surface area contributed by atoms with E-state index in [1.807, 2.05) is 12.1 Å². The van der Waals surface area contributed by atoms with E-state index >= 15 is 0 Å². The minimum Gasteiger partial charge on any atom is -0.486 e.